The second-order valence-electron chi connectivity index (χ2n) is 4.03. The Bertz CT molecular complexity index is 432. The molecule has 1 aromatic carbocycles. The van der Waals surface area contributed by atoms with E-state index in [1.807, 2.05) is 0 Å². The molecule has 0 aromatic heterocycles. The van der Waals surface area contributed by atoms with Crippen molar-refractivity contribution in [1.82, 2.24) is 0 Å². The summed E-state index contributed by atoms with van der Waals surface area (Å²) in [5.74, 6) is -6.59. The molecule has 1 aromatic rings. The van der Waals surface area contributed by atoms with Crippen molar-refractivity contribution in [2.24, 2.45) is 5.92 Å². The van der Waals surface area contributed by atoms with Gasteiger partial charge in [-0.1, -0.05) is 0 Å². The van der Waals surface area contributed by atoms with E-state index in [1.54, 1.807) is 0 Å². The molecule has 1 aliphatic heterocycles. The second kappa shape index (κ2) is 4.46. The highest BCUT2D eigenvalue weighted by molar-refractivity contribution is 5.23. The summed E-state index contributed by atoms with van der Waals surface area (Å²) in [7, 11) is 0. The molecule has 1 heterocycles. The van der Waals surface area contributed by atoms with Crippen LogP contribution >= 0.6 is 0 Å². The fourth-order valence-electron chi connectivity index (χ4n) is 1.99. The average Bonchev–Trinajstić information content (AvgIpc) is 2.73. The SMILES string of the molecule is Fc1cc([C@H]2OCC[C@H]2C(F)(F)F)cc(F)c1F. The molecule has 0 unspecified atom stereocenters. The van der Waals surface area contributed by atoms with Crippen molar-refractivity contribution in [1.29, 1.82) is 0 Å². The van der Waals surface area contributed by atoms with Crippen molar-refractivity contribution in [3.8, 4) is 0 Å². The molecule has 0 aliphatic carbocycles. The van der Waals surface area contributed by atoms with Gasteiger partial charge in [-0.25, -0.2) is 13.2 Å². The molecule has 1 fully saturated rings. The van der Waals surface area contributed by atoms with Gasteiger partial charge in [-0.05, 0) is 24.1 Å². The first kappa shape index (κ1) is 13.2. The number of alkyl halides is 3. The number of halogens is 6. The summed E-state index contributed by atoms with van der Waals surface area (Å²) >= 11 is 0. The van der Waals surface area contributed by atoms with Crippen molar-refractivity contribution in [2.75, 3.05) is 6.61 Å². The molecule has 1 nitrogen and oxygen atoms in total. The predicted octanol–water partition coefficient (Wildman–Crippen LogP) is 3.74. The maximum atomic E-state index is 13.0. The summed E-state index contributed by atoms with van der Waals surface area (Å²) in [6, 6.07) is 1.07. The topological polar surface area (TPSA) is 9.23 Å². The molecule has 100 valence electrons. The maximum absolute atomic E-state index is 13.0. The van der Waals surface area contributed by atoms with Crippen molar-refractivity contribution in [3.05, 3.63) is 35.1 Å². The molecule has 0 amide bonds. The van der Waals surface area contributed by atoms with Crippen molar-refractivity contribution in [3.63, 3.8) is 0 Å². The Morgan fingerprint density at radius 2 is 1.61 bits per heavy atom. The largest absolute Gasteiger partial charge is 0.394 e. The van der Waals surface area contributed by atoms with Crippen LogP contribution in [0, 0.1) is 23.4 Å². The highest BCUT2D eigenvalue weighted by atomic mass is 19.4. The molecule has 1 aliphatic rings. The molecule has 2 rings (SSSR count). The third-order valence-electron chi connectivity index (χ3n) is 2.85. The van der Waals surface area contributed by atoms with Gasteiger partial charge >= 0.3 is 6.18 Å². The molecule has 0 radical (unpaired) electrons. The summed E-state index contributed by atoms with van der Waals surface area (Å²) in [6.07, 6.45) is -6.30. The summed E-state index contributed by atoms with van der Waals surface area (Å²) in [5.41, 5.74) is -0.341. The van der Waals surface area contributed by atoms with Crippen LogP contribution in [0.15, 0.2) is 12.1 Å². The van der Waals surface area contributed by atoms with Gasteiger partial charge < -0.3 is 4.74 Å². The van der Waals surface area contributed by atoms with Gasteiger partial charge in [0.05, 0.1) is 12.0 Å². The third-order valence-corrected chi connectivity index (χ3v) is 2.85. The highest BCUT2D eigenvalue weighted by Crippen LogP contribution is 2.44. The van der Waals surface area contributed by atoms with E-state index in [-0.39, 0.29) is 18.6 Å². The average molecular weight is 270 g/mol. The normalized spacial score (nSPS) is 24.6. The van der Waals surface area contributed by atoms with E-state index in [2.05, 4.69) is 0 Å². The van der Waals surface area contributed by atoms with E-state index in [4.69, 9.17) is 4.74 Å². The van der Waals surface area contributed by atoms with E-state index in [0.717, 1.165) is 0 Å². The Hall–Kier alpha value is -1.24. The van der Waals surface area contributed by atoms with Crippen molar-refractivity contribution >= 4 is 0 Å². The fourth-order valence-corrected chi connectivity index (χ4v) is 1.99. The monoisotopic (exact) mass is 270 g/mol. The quantitative estimate of drug-likeness (QED) is 0.558. The summed E-state index contributed by atoms with van der Waals surface area (Å²) in [4.78, 5) is 0. The van der Waals surface area contributed by atoms with Gasteiger partial charge in [0.25, 0.3) is 0 Å². The Kier molecular flexibility index (Phi) is 3.27. The van der Waals surface area contributed by atoms with E-state index in [0.29, 0.717) is 12.1 Å². The summed E-state index contributed by atoms with van der Waals surface area (Å²) in [5, 5.41) is 0. The van der Waals surface area contributed by atoms with Crippen LogP contribution in [-0.4, -0.2) is 12.8 Å². The summed E-state index contributed by atoms with van der Waals surface area (Å²) < 4.78 is 81.4. The first-order chi connectivity index (χ1) is 8.30. The Morgan fingerprint density at radius 3 is 2.11 bits per heavy atom. The molecule has 7 heteroatoms. The van der Waals surface area contributed by atoms with Crippen LogP contribution in [-0.2, 0) is 4.74 Å². The molecule has 18 heavy (non-hydrogen) atoms. The minimum Gasteiger partial charge on any atom is -0.373 e. The van der Waals surface area contributed by atoms with Crippen LogP contribution in [0.3, 0.4) is 0 Å². The summed E-state index contributed by atoms with van der Waals surface area (Å²) in [6.45, 7) is -0.157. The lowest BCUT2D eigenvalue weighted by Crippen LogP contribution is -2.25. The molecule has 0 bridgehead atoms. The lowest BCUT2D eigenvalue weighted by atomic mass is 9.94. The first-order valence-corrected chi connectivity index (χ1v) is 5.13. The minimum absolute atomic E-state index is 0.157. The zero-order chi connectivity index (χ0) is 13.5. The highest BCUT2D eigenvalue weighted by Gasteiger charge is 2.48. The molecular weight excluding hydrogens is 262 g/mol. The van der Waals surface area contributed by atoms with E-state index < -0.39 is 35.6 Å². The zero-order valence-corrected chi connectivity index (χ0v) is 8.90. The minimum atomic E-state index is -4.53. The maximum Gasteiger partial charge on any atom is 0.394 e. The van der Waals surface area contributed by atoms with Crippen molar-refractivity contribution < 1.29 is 31.1 Å². The number of benzene rings is 1. The molecule has 0 N–H and O–H groups in total. The van der Waals surface area contributed by atoms with Gasteiger partial charge in [0.2, 0.25) is 0 Å². The van der Waals surface area contributed by atoms with Gasteiger partial charge in [0.1, 0.15) is 0 Å². The van der Waals surface area contributed by atoms with Crippen LogP contribution in [0.5, 0.6) is 0 Å². The standard InChI is InChI=1S/C11H8F6O/c12-7-3-5(4-8(13)9(7)14)10-6(1-2-18-10)11(15,16)17/h3-4,6,10H,1-2H2/t6-,10-/m1/s1. The first-order valence-electron chi connectivity index (χ1n) is 5.13. The number of rotatable bonds is 1. The Morgan fingerprint density at radius 1 is 1.06 bits per heavy atom. The fraction of sp³-hybridized carbons (Fsp3) is 0.455. The van der Waals surface area contributed by atoms with E-state index in [1.165, 1.54) is 0 Å². The number of hydrogen-bond donors (Lipinski definition) is 0. The Labute approximate surface area is 98.4 Å². The smallest absolute Gasteiger partial charge is 0.373 e. The van der Waals surface area contributed by atoms with E-state index >= 15 is 0 Å². The zero-order valence-electron chi connectivity index (χ0n) is 8.90. The van der Waals surface area contributed by atoms with Crippen LogP contribution in [0.4, 0.5) is 26.3 Å². The number of ether oxygens (including phenoxy) is 1. The number of hydrogen-bond acceptors (Lipinski definition) is 1. The molecule has 2 atom stereocenters. The van der Waals surface area contributed by atoms with Crippen LogP contribution in [0.2, 0.25) is 0 Å². The second-order valence-corrected chi connectivity index (χ2v) is 4.03. The van der Waals surface area contributed by atoms with Crippen LogP contribution in [0.25, 0.3) is 0 Å². The lowest BCUT2D eigenvalue weighted by molar-refractivity contribution is -0.187. The molecule has 0 saturated carbocycles. The van der Waals surface area contributed by atoms with Gasteiger partial charge in [-0.2, -0.15) is 13.2 Å². The van der Waals surface area contributed by atoms with Gasteiger partial charge in [-0.15, -0.1) is 0 Å². The van der Waals surface area contributed by atoms with Gasteiger partial charge in [0, 0.05) is 6.61 Å². The van der Waals surface area contributed by atoms with Crippen LogP contribution in [0.1, 0.15) is 18.1 Å². The van der Waals surface area contributed by atoms with Gasteiger partial charge in [-0.3, -0.25) is 0 Å². The van der Waals surface area contributed by atoms with Crippen LogP contribution < -0.4 is 0 Å². The predicted molar refractivity (Wildman–Crippen MR) is 49.2 cm³/mol. The van der Waals surface area contributed by atoms with Crippen molar-refractivity contribution in [2.45, 2.75) is 18.7 Å². The lowest BCUT2D eigenvalue weighted by Gasteiger charge is -2.21. The molecule has 0 spiro atoms. The van der Waals surface area contributed by atoms with E-state index in [9.17, 15) is 26.3 Å². The third kappa shape index (κ3) is 2.31. The molecular formula is C11H8F6O. The Balaban J connectivity index is 2.37. The van der Waals surface area contributed by atoms with Gasteiger partial charge in [0.15, 0.2) is 17.5 Å². The molecule has 1 saturated heterocycles.